The van der Waals surface area contributed by atoms with Gasteiger partial charge in [0.15, 0.2) is 17.6 Å². The molecule has 4 heterocycles. The number of sulfonamides is 1. The molecular weight excluding hydrogens is 474 g/mol. The smallest absolute Gasteiger partial charge is 0.256 e. The van der Waals surface area contributed by atoms with E-state index in [0.717, 1.165) is 16.8 Å². The topological polar surface area (TPSA) is 118 Å². The lowest BCUT2D eigenvalue weighted by atomic mass is 10.1. The van der Waals surface area contributed by atoms with Crippen LogP contribution in [0.2, 0.25) is 0 Å². The fourth-order valence-electron chi connectivity index (χ4n) is 4.85. The number of anilines is 1. The monoisotopic (exact) mass is 499 g/mol. The van der Waals surface area contributed by atoms with Crippen LogP contribution in [0.4, 0.5) is 5.69 Å². The van der Waals surface area contributed by atoms with E-state index >= 15 is 0 Å². The Kier molecular flexibility index (Phi) is 5.35. The molecule has 0 saturated heterocycles. The first-order valence-corrected chi connectivity index (χ1v) is 12.9. The number of carbonyl (C=O) groups is 1. The van der Waals surface area contributed by atoms with Crippen LogP contribution < -0.4 is 19.5 Å². The highest BCUT2D eigenvalue weighted by molar-refractivity contribution is 7.89. The van der Waals surface area contributed by atoms with Crippen molar-refractivity contribution in [3.8, 4) is 17.2 Å². The van der Waals surface area contributed by atoms with Gasteiger partial charge >= 0.3 is 0 Å². The summed E-state index contributed by atoms with van der Waals surface area (Å²) in [4.78, 5) is 14.7. The first-order chi connectivity index (χ1) is 16.9. The molecule has 35 heavy (non-hydrogen) atoms. The molecule has 0 aromatic heterocycles. The van der Waals surface area contributed by atoms with E-state index in [-0.39, 0.29) is 18.0 Å². The Balaban J connectivity index is 1.12. The number of nitrogens with one attached hydrogen (secondary N) is 1. The summed E-state index contributed by atoms with van der Waals surface area (Å²) in [5.74, 6) is 1.25. The third-order valence-corrected chi connectivity index (χ3v) is 8.48. The fourth-order valence-corrected chi connectivity index (χ4v) is 6.29. The summed E-state index contributed by atoms with van der Waals surface area (Å²) < 4.78 is 44.5. The van der Waals surface area contributed by atoms with Crippen LogP contribution in [0.25, 0.3) is 0 Å². The number of carbonyl (C=O) groups excluding carboxylic acids is 1. The number of nitrogens with zero attached hydrogens (tertiary/aromatic N) is 2. The van der Waals surface area contributed by atoms with Crippen LogP contribution in [0.3, 0.4) is 0 Å². The zero-order chi connectivity index (χ0) is 24.2. The van der Waals surface area contributed by atoms with E-state index in [0.29, 0.717) is 62.3 Å². The summed E-state index contributed by atoms with van der Waals surface area (Å²) in [5.41, 5.74) is 3.03. The molecule has 1 atom stereocenters. The summed E-state index contributed by atoms with van der Waals surface area (Å²) in [7, 11) is -3.74. The molecule has 2 aromatic rings. The molecule has 1 amide bonds. The van der Waals surface area contributed by atoms with Gasteiger partial charge in [-0.2, -0.15) is 4.31 Å². The third-order valence-electron chi connectivity index (χ3n) is 6.69. The van der Waals surface area contributed by atoms with Gasteiger partial charge in [0.05, 0.1) is 10.6 Å². The van der Waals surface area contributed by atoms with Crippen molar-refractivity contribution >= 4 is 21.6 Å². The van der Waals surface area contributed by atoms with Crippen LogP contribution in [-0.4, -0.2) is 81.2 Å². The molecule has 0 spiro atoms. The molecule has 4 aliphatic heterocycles. The quantitative estimate of drug-likeness (QED) is 0.602. The fraction of sp³-hybridized carbons (Fsp3) is 0.375. The average Bonchev–Trinajstić information content (AvgIpc) is 3.47. The van der Waals surface area contributed by atoms with Gasteiger partial charge in [0.25, 0.3) is 5.91 Å². The number of aliphatic hydroxyl groups is 1. The van der Waals surface area contributed by atoms with E-state index in [1.165, 1.54) is 16.4 Å². The van der Waals surface area contributed by atoms with Crippen molar-refractivity contribution in [2.45, 2.75) is 11.0 Å². The second-order valence-electron chi connectivity index (χ2n) is 8.91. The number of ether oxygens (including phenoxy) is 3. The van der Waals surface area contributed by atoms with Gasteiger partial charge in [-0.3, -0.25) is 4.79 Å². The Labute approximate surface area is 202 Å². The summed E-state index contributed by atoms with van der Waals surface area (Å²) in [6.45, 7) is 3.06. The Morgan fingerprint density at radius 3 is 2.34 bits per heavy atom. The summed E-state index contributed by atoms with van der Waals surface area (Å²) in [6.07, 6.45) is -1.30. The van der Waals surface area contributed by atoms with Gasteiger partial charge < -0.3 is 29.5 Å². The second kappa shape index (κ2) is 8.43. The number of hydrogen-bond acceptors (Lipinski definition) is 8. The maximum Gasteiger partial charge on any atom is 0.256 e. The van der Waals surface area contributed by atoms with Crippen LogP contribution in [0.5, 0.6) is 17.2 Å². The molecule has 0 radical (unpaired) electrons. The number of hydrogen-bond donors (Lipinski definition) is 2. The van der Waals surface area contributed by atoms with Crippen LogP contribution in [0.15, 0.2) is 52.4 Å². The van der Waals surface area contributed by atoms with Crippen LogP contribution >= 0.6 is 0 Å². The Morgan fingerprint density at radius 2 is 1.57 bits per heavy atom. The minimum absolute atomic E-state index is 0.149. The molecule has 6 rings (SSSR count). The molecule has 0 unspecified atom stereocenters. The zero-order valence-corrected chi connectivity index (χ0v) is 19.7. The molecule has 0 aliphatic carbocycles. The van der Waals surface area contributed by atoms with Crippen molar-refractivity contribution in [1.29, 1.82) is 0 Å². The number of rotatable bonds is 4. The number of aliphatic hydroxyl groups excluding tert-OH is 1. The van der Waals surface area contributed by atoms with Gasteiger partial charge in [-0.15, -0.1) is 0 Å². The van der Waals surface area contributed by atoms with Crippen molar-refractivity contribution in [3.05, 3.63) is 53.1 Å². The highest BCUT2D eigenvalue weighted by Crippen LogP contribution is 2.36. The molecule has 0 fully saturated rings. The molecule has 0 saturated carbocycles. The summed E-state index contributed by atoms with van der Waals surface area (Å²) in [5, 5.41) is 13.9. The van der Waals surface area contributed by atoms with Gasteiger partial charge in [0.1, 0.15) is 25.6 Å². The van der Waals surface area contributed by atoms with E-state index in [1.54, 1.807) is 29.2 Å². The molecule has 4 aliphatic rings. The lowest BCUT2D eigenvalue weighted by Gasteiger charge is -2.26. The van der Waals surface area contributed by atoms with Gasteiger partial charge in [0.2, 0.25) is 10.0 Å². The Bertz CT molecular complexity index is 1320. The van der Waals surface area contributed by atoms with Crippen LogP contribution in [0, 0.1) is 0 Å². The van der Waals surface area contributed by atoms with E-state index in [1.807, 2.05) is 0 Å². The molecule has 0 bridgehead atoms. The first-order valence-electron chi connectivity index (χ1n) is 11.5. The molecular formula is C24H25N3O7S. The van der Waals surface area contributed by atoms with Crippen molar-refractivity contribution in [2.24, 2.45) is 0 Å². The first kappa shape index (κ1) is 22.2. The lowest BCUT2D eigenvalue weighted by Crippen LogP contribution is -2.38. The molecule has 2 N–H and O–H groups in total. The van der Waals surface area contributed by atoms with Crippen LogP contribution in [-0.2, 0) is 14.8 Å². The lowest BCUT2D eigenvalue weighted by molar-refractivity contribution is -0.139. The predicted octanol–water partition coefficient (Wildman–Crippen LogP) is 1.14. The SMILES string of the molecule is O=C([C@@H](O)c1ccc2c(c1)NCCO2)N1CC2=C(C1)CN(S(=O)(=O)c1ccc3c(c1)OCCO3)C2. The van der Waals surface area contributed by atoms with E-state index < -0.39 is 22.0 Å². The predicted molar refractivity (Wildman–Crippen MR) is 125 cm³/mol. The standard InChI is InChI=1S/C24H25N3O7S/c28-23(15-1-3-20-19(9-15)25-5-6-32-20)24(29)26-11-16-13-27(14-17(16)12-26)35(30,31)18-2-4-21-22(10-18)34-8-7-33-21/h1-4,9-10,23,25,28H,5-8,11-14H2/t23-/m0/s1. The van der Waals surface area contributed by atoms with E-state index in [9.17, 15) is 18.3 Å². The van der Waals surface area contributed by atoms with Gasteiger partial charge in [-0.1, -0.05) is 6.07 Å². The summed E-state index contributed by atoms with van der Waals surface area (Å²) in [6, 6.07) is 9.80. The highest BCUT2D eigenvalue weighted by atomic mass is 32.2. The van der Waals surface area contributed by atoms with Crippen molar-refractivity contribution in [2.75, 3.05) is 57.9 Å². The van der Waals surface area contributed by atoms with Gasteiger partial charge in [-0.05, 0) is 41.0 Å². The number of fused-ring (bicyclic) bond motifs is 2. The minimum Gasteiger partial charge on any atom is -0.490 e. The molecule has 2 aromatic carbocycles. The van der Waals surface area contributed by atoms with E-state index in [4.69, 9.17) is 14.2 Å². The summed E-state index contributed by atoms with van der Waals surface area (Å²) >= 11 is 0. The number of benzene rings is 2. The Morgan fingerprint density at radius 1 is 0.886 bits per heavy atom. The molecule has 11 heteroatoms. The number of amides is 1. The minimum atomic E-state index is -3.74. The normalized spacial score (nSPS) is 20.1. The zero-order valence-electron chi connectivity index (χ0n) is 18.9. The van der Waals surface area contributed by atoms with Gasteiger partial charge in [-0.25, -0.2) is 8.42 Å². The largest absolute Gasteiger partial charge is 0.490 e. The van der Waals surface area contributed by atoms with Crippen molar-refractivity contribution in [3.63, 3.8) is 0 Å². The third kappa shape index (κ3) is 3.89. The van der Waals surface area contributed by atoms with Crippen molar-refractivity contribution < 1.29 is 32.5 Å². The van der Waals surface area contributed by atoms with Crippen molar-refractivity contribution in [1.82, 2.24) is 9.21 Å². The maximum atomic E-state index is 13.2. The highest BCUT2D eigenvalue weighted by Gasteiger charge is 2.39. The maximum absolute atomic E-state index is 13.2. The van der Waals surface area contributed by atoms with Gasteiger partial charge in [0, 0.05) is 38.8 Å². The van der Waals surface area contributed by atoms with Crippen LogP contribution in [0.1, 0.15) is 11.7 Å². The Hall–Kier alpha value is -3.28. The average molecular weight is 500 g/mol. The molecule has 184 valence electrons. The van der Waals surface area contributed by atoms with E-state index in [2.05, 4.69) is 5.32 Å². The second-order valence-corrected chi connectivity index (χ2v) is 10.9. The molecule has 10 nitrogen and oxygen atoms in total.